The number of ether oxygens (including phenoxy) is 2. The molecule has 0 radical (unpaired) electrons. The summed E-state index contributed by atoms with van der Waals surface area (Å²) < 4.78 is 10.1. The van der Waals surface area contributed by atoms with Gasteiger partial charge in [0.25, 0.3) is 11.6 Å². The van der Waals surface area contributed by atoms with E-state index in [2.05, 4.69) is 4.99 Å². The van der Waals surface area contributed by atoms with E-state index in [4.69, 9.17) is 9.47 Å². The van der Waals surface area contributed by atoms with E-state index in [1.807, 2.05) is 0 Å². The van der Waals surface area contributed by atoms with Crippen LogP contribution in [-0.4, -0.2) is 68.4 Å². The third kappa shape index (κ3) is 4.19. The summed E-state index contributed by atoms with van der Waals surface area (Å²) in [6, 6.07) is 5.29. The maximum atomic E-state index is 13.0. The van der Waals surface area contributed by atoms with E-state index in [0.717, 1.165) is 23.6 Å². The topological polar surface area (TPSA) is 166 Å². The third-order valence-electron chi connectivity index (χ3n) is 4.55. The number of aliphatic carboxylic acids is 1. The molecule has 168 valence electrons. The van der Waals surface area contributed by atoms with Crippen molar-refractivity contribution >= 4 is 47.5 Å². The van der Waals surface area contributed by atoms with Crippen LogP contribution in [0.15, 0.2) is 40.5 Å². The zero-order valence-corrected chi connectivity index (χ0v) is 17.7. The van der Waals surface area contributed by atoms with Crippen LogP contribution in [0.2, 0.25) is 0 Å². The first-order valence-electron chi connectivity index (χ1n) is 9.10. The lowest BCUT2D eigenvalue weighted by atomic mass is 9.98. The predicted octanol–water partition coefficient (Wildman–Crippen LogP) is 1.09. The number of nitro benzene ring substituents is 1. The van der Waals surface area contributed by atoms with Gasteiger partial charge in [-0.05, 0) is 17.7 Å². The van der Waals surface area contributed by atoms with Gasteiger partial charge in [0, 0.05) is 43.5 Å². The van der Waals surface area contributed by atoms with E-state index in [-0.39, 0.29) is 29.3 Å². The molecule has 0 saturated carbocycles. The number of rotatable bonds is 7. The Morgan fingerprint density at radius 2 is 1.97 bits per heavy atom. The summed E-state index contributed by atoms with van der Waals surface area (Å²) in [6.45, 7) is 1.97. The lowest BCUT2D eigenvalue weighted by molar-refractivity contribution is -0.384. The van der Waals surface area contributed by atoms with Crippen molar-refractivity contribution in [2.45, 2.75) is 24.9 Å². The van der Waals surface area contributed by atoms with Crippen LogP contribution in [0.1, 0.15) is 19.4 Å². The summed E-state index contributed by atoms with van der Waals surface area (Å²) in [6.07, 6.45) is 1.22. The summed E-state index contributed by atoms with van der Waals surface area (Å²) in [5.74, 6) is -3.58. The quantitative estimate of drug-likeness (QED) is 0.203. The SMILES string of the molecule is CC(=O)OCC1=C(C(=O)O)N2C(=O)[C@@](N=Cc3ccc([N+](=O)[O-])cc3)(OC(C)=O)[C@H]2SC1. The summed E-state index contributed by atoms with van der Waals surface area (Å²) in [5, 5.41) is 19.5. The molecule has 2 aliphatic rings. The number of nitro groups is 1. The standard InChI is InChI=1S/C19H17N3O9S/c1-10(23)30-8-13-9-32-18-19(31-11(2)24,17(27)21(18)15(13)16(25)26)20-7-12-3-5-14(6-4-12)22(28)29/h3-7,18H,8-9H2,1-2H3,(H,25,26)/t18-,19-/m1/s1. The Morgan fingerprint density at radius 1 is 1.31 bits per heavy atom. The molecule has 32 heavy (non-hydrogen) atoms. The first kappa shape index (κ1) is 22.9. The van der Waals surface area contributed by atoms with Gasteiger partial charge in [0.05, 0.1) is 4.92 Å². The van der Waals surface area contributed by atoms with Crippen LogP contribution in [0.3, 0.4) is 0 Å². The highest BCUT2D eigenvalue weighted by atomic mass is 32.2. The van der Waals surface area contributed by atoms with Crippen LogP contribution in [0.25, 0.3) is 0 Å². The molecule has 0 bridgehead atoms. The number of carboxylic acids is 1. The fraction of sp³-hybridized carbons (Fsp3) is 0.316. The number of non-ortho nitro benzene ring substituents is 1. The molecule has 1 N–H and O–H groups in total. The minimum Gasteiger partial charge on any atom is -0.477 e. The van der Waals surface area contributed by atoms with E-state index in [1.165, 1.54) is 37.4 Å². The van der Waals surface area contributed by atoms with Crippen LogP contribution in [0.4, 0.5) is 5.69 Å². The van der Waals surface area contributed by atoms with Crippen LogP contribution in [0, 0.1) is 10.1 Å². The van der Waals surface area contributed by atoms with Crippen LogP contribution < -0.4 is 0 Å². The second-order valence-corrected chi connectivity index (χ2v) is 7.84. The first-order chi connectivity index (χ1) is 15.1. The molecule has 13 heteroatoms. The highest BCUT2D eigenvalue weighted by Crippen LogP contribution is 2.49. The molecule has 0 aromatic heterocycles. The van der Waals surface area contributed by atoms with Crippen molar-refractivity contribution in [2.24, 2.45) is 4.99 Å². The van der Waals surface area contributed by atoms with Gasteiger partial charge < -0.3 is 14.6 Å². The molecule has 1 aromatic carbocycles. The minimum absolute atomic E-state index is 0.0967. The lowest BCUT2D eigenvalue weighted by Crippen LogP contribution is -2.74. The van der Waals surface area contributed by atoms with Gasteiger partial charge in [0.2, 0.25) is 0 Å². The number of hydrogen-bond acceptors (Lipinski definition) is 10. The maximum absolute atomic E-state index is 13.0. The maximum Gasteiger partial charge on any atom is 0.352 e. The summed E-state index contributed by atoms with van der Waals surface area (Å²) in [4.78, 5) is 63.0. The largest absolute Gasteiger partial charge is 0.477 e. The first-order valence-corrected chi connectivity index (χ1v) is 10.1. The van der Waals surface area contributed by atoms with E-state index in [1.54, 1.807) is 0 Å². The number of carbonyl (C=O) groups excluding carboxylic acids is 3. The molecule has 1 aromatic rings. The Balaban J connectivity index is 1.94. The smallest absolute Gasteiger partial charge is 0.352 e. The fourth-order valence-electron chi connectivity index (χ4n) is 3.18. The fourth-order valence-corrected chi connectivity index (χ4v) is 4.55. The van der Waals surface area contributed by atoms with Crippen molar-refractivity contribution in [1.82, 2.24) is 4.90 Å². The Labute approximate surface area is 185 Å². The van der Waals surface area contributed by atoms with Gasteiger partial charge in [-0.1, -0.05) is 0 Å². The molecular weight excluding hydrogens is 446 g/mol. The number of β-lactam (4-membered cyclic amide) rings is 1. The Morgan fingerprint density at radius 3 is 2.50 bits per heavy atom. The second kappa shape index (κ2) is 8.78. The number of amides is 1. The van der Waals surface area contributed by atoms with Crippen molar-refractivity contribution in [2.75, 3.05) is 12.4 Å². The molecule has 12 nitrogen and oxygen atoms in total. The van der Waals surface area contributed by atoms with E-state index >= 15 is 0 Å². The molecule has 1 saturated heterocycles. The van der Waals surface area contributed by atoms with Gasteiger partial charge in [-0.3, -0.25) is 29.4 Å². The molecule has 3 rings (SSSR count). The Bertz CT molecular complexity index is 1070. The number of esters is 2. The highest BCUT2D eigenvalue weighted by Gasteiger charge is 2.68. The van der Waals surface area contributed by atoms with Crippen molar-refractivity contribution in [3.63, 3.8) is 0 Å². The van der Waals surface area contributed by atoms with Gasteiger partial charge in [0.1, 0.15) is 12.3 Å². The molecule has 2 aliphatic heterocycles. The molecule has 2 heterocycles. The lowest BCUT2D eigenvalue weighted by Gasteiger charge is -2.53. The van der Waals surface area contributed by atoms with E-state index < -0.39 is 39.8 Å². The van der Waals surface area contributed by atoms with Gasteiger partial charge in [0.15, 0.2) is 5.37 Å². The Hall–Kier alpha value is -3.74. The predicted molar refractivity (Wildman–Crippen MR) is 110 cm³/mol. The second-order valence-electron chi connectivity index (χ2n) is 6.77. The minimum atomic E-state index is -1.99. The Kier molecular flexibility index (Phi) is 6.30. The van der Waals surface area contributed by atoms with Gasteiger partial charge in [-0.15, -0.1) is 11.8 Å². The number of aliphatic imine (C=N–C) groups is 1. The van der Waals surface area contributed by atoms with Crippen molar-refractivity contribution < 1.29 is 38.7 Å². The molecule has 0 aliphatic carbocycles. The molecule has 1 fully saturated rings. The summed E-state index contributed by atoms with van der Waals surface area (Å²) in [5.41, 5.74) is -1.86. The molecule has 0 spiro atoms. The van der Waals surface area contributed by atoms with Gasteiger partial charge in [-0.2, -0.15) is 0 Å². The van der Waals surface area contributed by atoms with Gasteiger partial charge in [-0.25, -0.2) is 9.79 Å². The van der Waals surface area contributed by atoms with E-state index in [0.29, 0.717) is 5.56 Å². The monoisotopic (exact) mass is 463 g/mol. The zero-order valence-electron chi connectivity index (χ0n) is 16.8. The van der Waals surface area contributed by atoms with E-state index in [9.17, 15) is 34.4 Å². The number of nitrogens with zero attached hydrogens (tertiary/aromatic N) is 3. The molecule has 2 atom stereocenters. The number of fused-ring (bicyclic) bond motifs is 1. The molecule has 1 amide bonds. The van der Waals surface area contributed by atoms with Crippen molar-refractivity contribution in [3.8, 4) is 0 Å². The van der Waals surface area contributed by atoms with Crippen LogP contribution in [0.5, 0.6) is 0 Å². The van der Waals surface area contributed by atoms with Crippen LogP contribution >= 0.6 is 11.8 Å². The van der Waals surface area contributed by atoms with Crippen LogP contribution in [-0.2, 0) is 28.7 Å². The average molecular weight is 463 g/mol. The zero-order chi connectivity index (χ0) is 23.6. The highest BCUT2D eigenvalue weighted by molar-refractivity contribution is 8.00. The summed E-state index contributed by atoms with van der Waals surface area (Å²) >= 11 is 1.10. The molecular formula is C19H17N3O9S. The third-order valence-corrected chi connectivity index (χ3v) is 5.91. The number of hydrogen-bond donors (Lipinski definition) is 1. The average Bonchev–Trinajstić information content (AvgIpc) is 2.73. The number of carboxylic acid groups (broad SMARTS) is 1. The number of benzene rings is 1. The summed E-state index contributed by atoms with van der Waals surface area (Å²) in [7, 11) is 0. The van der Waals surface area contributed by atoms with Crippen molar-refractivity contribution in [3.05, 3.63) is 51.2 Å². The number of thioether (sulfide) groups is 1. The van der Waals surface area contributed by atoms with Crippen molar-refractivity contribution in [1.29, 1.82) is 0 Å². The number of carbonyl (C=O) groups is 4. The van der Waals surface area contributed by atoms with Gasteiger partial charge >= 0.3 is 23.6 Å². The normalized spacial score (nSPS) is 22.2. The molecule has 0 unspecified atom stereocenters.